The number of aromatic nitrogens is 1. The molecule has 1 aromatic carbocycles. The molecule has 1 aromatic heterocycles. The molecule has 2 N–H and O–H groups in total. The number of allylic oxidation sites excluding steroid dienone is 7. The molecule has 0 saturated carbocycles. The second kappa shape index (κ2) is 6.77. The van der Waals surface area contributed by atoms with Gasteiger partial charge in [0.1, 0.15) is 0 Å². The van der Waals surface area contributed by atoms with E-state index in [9.17, 15) is 0 Å². The van der Waals surface area contributed by atoms with E-state index in [-0.39, 0.29) is 5.41 Å². The Morgan fingerprint density at radius 1 is 1.11 bits per heavy atom. The first-order valence-electron chi connectivity index (χ1n) is 9.42. The van der Waals surface area contributed by atoms with Gasteiger partial charge in [0.2, 0.25) is 0 Å². The maximum atomic E-state index is 6.02. The van der Waals surface area contributed by atoms with Crippen LogP contribution in [0, 0.1) is 26.2 Å². The maximum Gasteiger partial charge on any atom is 0.0497 e. The minimum absolute atomic E-state index is 0.0793. The van der Waals surface area contributed by atoms with Crippen molar-refractivity contribution in [3.8, 4) is 0 Å². The average Bonchev–Trinajstić information content (AvgIpc) is 2.71. The molecule has 3 rings (SSSR count). The summed E-state index contributed by atoms with van der Waals surface area (Å²) in [6.45, 7) is 19.8. The lowest BCUT2D eigenvalue weighted by Crippen LogP contribution is -2.04. The Morgan fingerprint density at radius 2 is 1.81 bits per heavy atom. The molecule has 0 atom stereocenters. The molecule has 1 heterocycles. The lowest BCUT2D eigenvalue weighted by atomic mass is 9.93. The Balaban J connectivity index is 2.20. The minimum atomic E-state index is 0.0793. The molecule has 0 saturated heterocycles. The average molecular weight is 359 g/mol. The molecule has 0 fully saturated rings. The third-order valence-corrected chi connectivity index (χ3v) is 5.36. The van der Waals surface area contributed by atoms with Crippen LogP contribution < -0.4 is 5.73 Å². The lowest BCUT2D eigenvalue weighted by Gasteiger charge is -2.13. The van der Waals surface area contributed by atoms with Crippen LogP contribution in [0.5, 0.6) is 0 Å². The molecule has 0 bridgehead atoms. The number of fused-ring (bicyclic) bond motifs is 1. The molecule has 2 heteroatoms. The first-order chi connectivity index (χ1) is 12.6. The summed E-state index contributed by atoms with van der Waals surface area (Å²) in [4.78, 5) is 0. The number of hydrogen-bond acceptors (Lipinski definition) is 1. The highest BCUT2D eigenvalue weighted by Crippen LogP contribution is 2.36. The summed E-state index contributed by atoms with van der Waals surface area (Å²) in [6, 6.07) is 4.48. The van der Waals surface area contributed by atoms with Crippen LogP contribution in [0.3, 0.4) is 0 Å². The van der Waals surface area contributed by atoms with Crippen molar-refractivity contribution in [1.82, 2.24) is 4.57 Å². The molecule has 27 heavy (non-hydrogen) atoms. The van der Waals surface area contributed by atoms with Gasteiger partial charge in [0.15, 0.2) is 0 Å². The standard InChI is InChI=1S/C25H30N2/c1-16-13-17(2)23-22(14-16)27(20(5)24(23)18(3)19(4)26)15-21-9-8-11-25(6,7)12-10-21/h8-14H,3-4,15,26H2,1-2,5-7H3. The fourth-order valence-corrected chi connectivity index (χ4v) is 3.85. The zero-order chi connectivity index (χ0) is 19.9. The summed E-state index contributed by atoms with van der Waals surface area (Å²) in [6.07, 6.45) is 11.1. The van der Waals surface area contributed by atoms with Gasteiger partial charge in [-0.25, -0.2) is 0 Å². The van der Waals surface area contributed by atoms with E-state index in [0.29, 0.717) is 5.70 Å². The Kier molecular flexibility index (Phi) is 4.77. The predicted octanol–water partition coefficient (Wildman–Crippen LogP) is 6.13. The molecule has 0 unspecified atom stereocenters. The van der Waals surface area contributed by atoms with Crippen molar-refractivity contribution in [2.45, 2.75) is 41.2 Å². The van der Waals surface area contributed by atoms with E-state index in [0.717, 1.165) is 17.7 Å². The fourth-order valence-electron chi connectivity index (χ4n) is 3.85. The summed E-state index contributed by atoms with van der Waals surface area (Å²) in [5.41, 5.74) is 14.7. The van der Waals surface area contributed by atoms with Crippen molar-refractivity contribution in [2.75, 3.05) is 0 Å². The van der Waals surface area contributed by atoms with Gasteiger partial charge in [-0.1, -0.05) is 63.5 Å². The van der Waals surface area contributed by atoms with Gasteiger partial charge >= 0.3 is 0 Å². The predicted molar refractivity (Wildman–Crippen MR) is 119 cm³/mol. The van der Waals surface area contributed by atoms with Gasteiger partial charge in [0.05, 0.1) is 0 Å². The minimum Gasteiger partial charge on any atom is -0.399 e. The molecule has 140 valence electrons. The van der Waals surface area contributed by atoms with Crippen LogP contribution in [0.15, 0.2) is 66.9 Å². The third-order valence-electron chi connectivity index (χ3n) is 5.36. The largest absolute Gasteiger partial charge is 0.399 e. The number of nitrogens with two attached hydrogens (primary N) is 1. The fraction of sp³-hybridized carbons (Fsp3) is 0.280. The van der Waals surface area contributed by atoms with Gasteiger partial charge in [-0.05, 0) is 49.1 Å². The molecule has 2 aromatic rings. The second-order valence-corrected chi connectivity index (χ2v) is 8.28. The number of hydrogen-bond donors (Lipinski definition) is 1. The van der Waals surface area contributed by atoms with Crippen LogP contribution in [0.25, 0.3) is 16.5 Å². The normalized spacial score (nSPS) is 15.7. The van der Waals surface area contributed by atoms with Gasteiger partial charge in [-0.3, -0.25) is 0 Å². The summed E-state index contributed by atoms with van der Waals surface area (Å²) in [5, 5.41) is 1.23. The van der Waals surface area contributed by atoms with Gasteiger partial charge in [0, 0.05) is 39.8 Å². The van der Waals surface area contributed by atoms with E-state index >= 15 is 0 Å². The van der Waals surface area contributed by atoms with Gasteiger partial charge in [0.25, 0.3) is 0 Å². The Morgan fingerprint density at radius 3 is 2.48 bits per heavy atom. The van der Waals surface area contributed by atoms with Gasteiger partial charge < -0.3 is 10.3 Å². The number of aryl methyl sites for hydroxylation is 2. The summed E-state index contributed by atoms with van der Waals surface area (Å²) < 4.78 is 2.38. The first-order valence-corrected chi connectivity index (χ1v) is 9.42. The van der Waals surface area contributed by atoms with Crippen LogP contribution in [0.1, 0.15) is 36.2 Å². The molecule has 0 aliphatic heterocycles. The zero-order valence-electron chi connectivity index (χ0n) is 17.2. The second-order valence-electron chi connectivity index (χ2n) is 8.28. The van der Waals surface area contributed by atoms with Crippen LogP contribution in [0.2, 0.25) is 0 Å². The van der Waals surface area contributed by atoms with Crippen LogP contribution >= 0.6 is 0 Å². The Bertz CT molecular complexity index is 1040. The third kappa shape index (κ3) is 3.57. The van der Waals surface area contributed by atoms with Crippen molar-refractivity contribution in [3.05, 3.63) is 89.3 Å². The Hall–Kier alpha value is -2.74. The monoisotopic (exact) mass is 358 g/mol. The molecule has 0 radical (unpaired) electrons. The van der Waals surface area contributed by atoms with Crippen molar-refractivity contribution < 1.29 is 0 Å². The first kappa shape index (κ1) is 19.0. The van der Waals surface area contributed by atoms with E-state index in [1.807, 2.05) is 0 Å². The van der Waals surface area contributed by atoms with Gasteiger partial charge in [-0.15, -0.1) is 0 Å². The van der Waals surface area contributed by atoms with Crippen molar-refractivity contribution in [2.24, 2.45) is 11.1 Å². The number of nitrogens with zero attached hydrogens (tertiary/aromatic N) is 1. The summed E-state index contributed by atoms with van der Waals surface area (Å²) in [7, 11) is 0. The summed E-state index contributed by atoms with van der Waals surface area (Å²) in [5.74, 6) is 0. The topological polar surface area (TPSA) is 30.9 Å². The lowest BCUT2D eigenvalue weighted by molar-refractivity contribution is 0.626. The maximum absolute atomic E-state index is 6.02. The number of benzene rings is 1. The molecule has 0 amide bonds. The van der Waals surface area contributed by atoms with E-state index in [1.165, 1.54) is 33.3 Å². The molecule has 1 aliphatic rings. The van der Waals surface area contributed by atoms with Crippen molar-refractivity contribution in [1.29, 1.82) is 0 Å². The van der Waals surface area contributed by atoms with Crippen LogP contribution in [0.4, 0.5) is 0 Å². The van der Waals surface area contributed by atoms with E-state index < -0.39 is 0 Å². The molecular weight excluding hydrogens is 328 g/mol. The Labute approximate surface area is 163 Å². The molecule has 1 aliphatic carbocycles. The van der Waals surface area contributed by atoms with Crippen molar-refractivity contribution >= 4 is 16.5 Å². The highest BCUT2D eigenvalue weighted by molar-refractivity contribution is 6.00. The van der Waals surface area contributed by atoms with Crippen LogP contribution in [-0.2, 0) is 6.54 Å². The SMILES string of the molecule is C=C(N)C(=C)c1c(C)n(CC2=CC=CC(C)(C)C=C2)c2cc(C)cc(C)c12. The number of rotatable bonds is 4. The quantitative estimate of drug-likeness (QED) is 0.655. The summed E-state index contributed by atoms with van der Waals surface area (Å²) >= 11 is 0. The van der Waals surface area contributed by atoms with E-state index in [1.54, 1.807) is 0 Å². The highest BCUT2D eigenvalue weighted by atomic mass is 15.0. The highest BCUT2D eigenvalue weighted by Gasteiger charge is 2.20. The molecular formula is C25H30N2. The molecule has 2 nitrogen and oxygen atoms in total. The van der Waals surface area contributed by atoms with Gasteiger partial charge in [-0.2, -0.15) is 0 Å². The smallest absolute Gasteiger partial charge is 0.0497 e. The van der Waals surface area contributed by atoms with E-state index in [2.05, 4.69) is 94.9 Å². The van der Waals surface area contributed by atoms with Crippen LogP contribution in [-0.4, -0.2) is 4.57 Å². The zero-order valence-corrected chi connectivity index (χ0v) is 17.2. The van der Waals surface area contributed by atoms with Crippen molar-refractivity contribution in [3.63, 3.8) is 0 Å². The molecule has 0 spiro atoms. The van der Waals surface area contributed by atoms with E-state index in [4.69, 9.17) is 5.73 Å².